The number of fused-ring (bicyclic) bond motifs is 1. The molecule has 0 aliphatic carbocycles. The van der Waals surface area contributed by atoms with Gasteiger partial charge in [-0.05, 0) is 19.1 Å². The first kappa shape index (κ1) is 17.3. The summed E-state index contributed by atoms with van der Waals surface area (Å²) >= 11 is 6.28. The highest BCUT2D eigenvalue weighted by atomic mass is 35.5. The Labute approximate surface area is 150 Å². The van der Waals surface area contributed by atoms with Crippen LogP contribution in [0, 0.1) is 0 Å². The Morgan fingerprint density at radius 1 is 1.44 bits per heavy atom. The third kappa shape index (κ3) is 3.76. The summed E-state index contributed by atoms with van der Waals surface area (Å²) in [6, 6.07) is 6.95. The van der Waals surface area contributed by atoms with Gasteiger partial charge in [-0.3, -0.25) is 4.79 Å². The van der Waals surface area contributed by atoms with Crippen molar-refractivity contribution in [1.82, 2.24) is 15.6 Å². The molecule has 132 valence electrons. The van der Waals surface area contributed by atoms with Crippen LogP contribution in [-0.4, -0.2) is 41.7 Å². The van der Waals surface area contributed by atoms with Gasteiger partial charge in [0.2, 0.25) is 5.91 Å². The minimum Gasteiger partial charge on any atom is -0.465 e. The molecule has 25 heavy (non-hydrogen) atoms. The van der Waals surface area contributed by atoms with Crippen molar-refractivity contribution < 1.29 is 14.7 Å². The van der Waals surface area contributed by atoms with Crippen LogP contribution in [0.3, 0.4) is 0 Å². The van der Waals surface area contributed by atoms with Crippen molar-refractivity contribution in [2.24, 2.45) is 0 Å². The maximum Gasteiger partial charge on any atom is 0.405 e. The maximum absolute atomic E-state index is 11.6. The van der Waals surface area contributed by atoms with Crippen LogP contribution in [0.2, 0.25) is 5.02 Å². The molecule has 1 atom stereocenters. The van der Waals surface area contributed by atoms with E-state index in [1.165, 1.54) is 0 Å². The smallest absolute Gasteiger partial charge is 0.405 e. The molecule has 0 saturated carbocycles. The van der Waals surface area contributed by atoms with E-state index in [0.717, 1.165) is 10.9 Å². The topological polar surface area (TPSA) is 94.6 Å². The molecule has 0 bridgehead atoms. The summed E-state index contributed by atoms with van der Waals surface area (Å²) in [5.74, 6) is 0.651. The molecule has 2 aromatic rings. The van der Waals surface area contributed by atoms with Crippen LogP contribution < -0.4 is 15.5 Å². The highest BCUT2D eigenvalue weighted by molar-refractivity contribution is 6.35. The average Bonchev–Trinajstić information content (AvgIpc) is 2.78. The number of amides is 2. The van der Waals surface area contributed by atoms with E-state index in [1.54, 1.807) is 13.0 Å². The van der Waals surface area contributed by atoms with Gasteiger partial charge in [-0.15, -0.1) is 0 Å². The molecule has 1 aliphatic heterocycles. The number of carbonyl (C=O) groups is 2. The average molecular weight is 363 g/mol. The van der Waals surface area contributed by atoms with E-state index in [-0.39, 0.29) is 5.91 Å². The monoisotopic (exact) mass is 362 g/mol. The number of hydrogen-bond acceptors (Lipinski definition) is 4. The molecule has 1 unspecified atom stereocenters. The van der Waals surface area contributed by atoms with Gasteiger partial charge in [0.15, 0.2) is 0 Å². The number of rotatable bonds is 3. The van der Waals surface area contributed by atoms with Crippen molar-refractivity contribution in [3.05, 3.63) is 34.9 Å². The molecule has 1 saturated heterocycles. The van der Waals surface area contributed by atoms with Crippen LogP contribution >= 0.6 is 11.6 Å². The summed E-state index contributed by atoms with van der Waals surface area (Å²) in [5, 5.41) is 15.7. The number of aromatic nitrogens is 1. The molecular weight excluding hydrogens is 344 g/mol. The number of pyridine rings is 1. The van der Waals surface area contributed by atoms with Gasteiger partial charge < -0.3 is 20.6 Å². The van der Waals surface area contributed by atoms with Crippen LogP contribution in [-0.2, 0) is 4.79 Å². The van der Waals surface area contributed by atoms with Gasteiger partial charge in [0, 0.05) is 37.0 Å². The fourth-order valence-electron chi connectivity index (χ4n) is 2.98. The molecule has 1 aromatic heterocycles. The van der Waals surface area contributed by atoms with E-state index in [0.29, 0.717) is 42.4 Å². The molecule has 2 heterocycles. The lowest BCUT2D eigenvalue weighted by Crippen LogP contribution is -2.32. The summed E-state index contributed by atoms with van der Waals surface area (Å²) in [6.07, 6.45) is -0.736. The first-order chi connectivity index (χ1) is 12.0. The SMILES string of the molecule is CC(NC(=O)O)c1cc2cccc(Cl)c2nc1N1CCNC(=O)CC1. The van der Waals surface area contributed by atoms with Gasteiger partial charge in [0.1, 0.15) is 5.82 Å². The van der Waals surface area contributed by atoms with Crippen molar-refractivity contribution in [3.63, 3.8) is 0 Å². The number of nitrogens with zero attached hydrogens (tertiary/aromatic N) is 2. The van der Waals surface area contributed by atoms with Gasteiger partial charge in [-0.1, -0.05) is 23.7 Å². The van der Waals surface area contributed by atoms with E-state index < -0.39 is 12.1 Å². The Morgan fingerprint density at radius 3 is 3.00 bits per heavy atom. The van der Waals surface area contributed by atoms with Gasteiger partial charge in [-0.25, -0.2) is 9.78 Å². The Balaban J connectivity index is 2.10. The van der Waals surface area contributed by atoms with Crippen LogP contribution in [0.25, 0.3) is 10.9 Å². The first-order valence-corrected chi connectivity index (χ1v) is 8.44. The Hall–Kier alpha value is -2.54. The molecule has 0 radical (unpaired) electrons. The Morgan fingerprint density at radius 2 is 2.24 bits per heavy atom. The van der Waals surface area contributed by atoms with E-state index in [4.69, 9.17) is 21.7 Å². The van der Waals surface area contributed by atoms with E-state index in [9.17, 15) is 9.59 Å². The number of carbonyl (C=O) groups excluding carboxylic acids is 1. The molecule has 1 aromatic carbocycles. The van der Waals surface area contributed by atoms with Crippen LogP contribution in [0.5, 0.6) is 0 Å². The summed E-state index contributed by atoms with van der Waals surface area (Å²) in [5.41, 5.74) is 1.42. The lowest BCUT2D eigenvalue weighted by Gasteiger charge is -2.26. The predicted octanol–water partition coefficient (Wildman–Crippen LogP) is 2.54. The summed E-state index contributed by atoms with van der Waals surface area (Å²) in [7, 11) is 0. The van der Waals surface area contributed by atoms with Crippen LogP contribution in [0.15, 0.2) is 24.3 Å². The summed E-state index contributed by atoms with van der Waals surface area (Å²) < 4.78 is 0. The number of halogens is 1. The fourth-order valence-corrected chi connectivity index (χ4v) is 3.21. The van der Waals surface area contributed by atoms with Gasteiger partial charge in [-0.2, -0.15) is 0 Å². The second-order valence-corrected chi connectivity index (χ2v) is 6.38. The summed E-state index contributed by atoms with van der Waals surface area (Å²) in [4.78, 5) is 29.4. The van der Waals surface area contributed by atoms with Gasteiger partial charge in [0.25, 0.3) is 0 Å². The second-order valence-electron chi connectivity index (χ2n) is 5.97. The van der Waals surface area contributed by atoms with E-state index >= 15 is 0 Å². The predicted molar refractivity (Wildman–Crippen MR) is 96.2 cm³/mol. The number of carboxylic acid groups (broad SMARTS) is 1. The minimum absolute atomic E-state index is 0.000388. The lowest BCUT2D eigenvalue weighted by molar-refractivity contribution is -0.120. The van der Waals surface area contributed by atoms with Crippen molar-refractivity contribution in [3.8, 4) is 0 Å². The minimum atomic E-state index is -1.10. The first-order valence-electron chi connectivity index (χ1n) is 8.06. The van der Waals surface area contributed by atoms with Crippen molar-refractivity contribution >= 4 is 40.3 Å². The molecule has 3 rings (SSSR count). The third-order valence-electron chi connectivity index (χ3n) is 4.22. The lowest BCUT2D eigenvalue weighted by atomic mass is 10.1. The van der Waals surface area contributed by atoms with Gasteiger partial charge in [0.05, 0.1) is 16.6 Å². The molecule has 3 N–H and O–H groups in total. The van der Waals surface area contributed by atoms with E-state index in [1.807, 2.05) is 23.1 Å². The zero-order valence-corrected chi connectivity index (χ0v) is 14.5. The molecule has 1 aliphatic rings. The number of anilines is 1. The quantitative estimate of drug-likeness (QED) is 0.780. The van der Waals surface area contributed by atoms with Crippen molar-refractivity contribution in [2.45, 2.75) is 19.4 Å². The number of hydrogen-bond donors (Lipinski definition) is 3. The number of nitrogens with one attached hydrogen (secondary N) is 2. The van der Waals surface area contributed by atoms with Crippen molar-refractivity contribution in [1.29, 1.82) is 0 Å². The molecule has 0 spiro atoms. The Kier molecular flexibility index (Phi) is 4.94. The third-order valence-corrected chi connectivity index (χ3v) is 4.53. The van der Waals surface area contributed by atoms with Crippen LogP contribution in [0.1, 0.15) is 24.9 Å². The van der Waals surface area contributed by atoms with Crippen molar-refractivity contribution in [2.75, 3.05) is 24.5 Å². The molecule has 8 heteroatoms. The molecular formula is C17H19ClN4O3. The zero-order valence-electron chi connectivity index (χ0n) is 13.8. The highest BCUT2D eigenvalue weighted by Gasteiger charge is 2.22. The largest absolute Gasteiger partial charge is 0.465 e. The maximum atomic E-state index is 11.6. The second kappa shape index (κ2) is 7.14. The summed E-state index contributed by atoms with van der Waals surface area (Å²) in [6.45, 7) is 3.40. The number of para-hydroxylation sites is 1. The Bertz CT molecular complexity index is 827. The molecule has 7 nitrogen and oxygen atoms in total. The normalized spacial score (nSPS) is 16.2. The molecule has 2 amide bonds. The standard InChI is InChI=1S/C17H19ClN4O3/c1-10(20-17(24)25)12-9-11-3-2-4-13(18)15(11)21-16(12)22-7-5-14(23)19-6-8-22/h2-4,9-10,20H,5-8H2,1H3,(H,19,23)(H,24,25). The number of benzene rings is 1. The van der Waals surface area contributed by atoms with E-state index in [2.05, 4.69) is 10.6 Å². The fraction of sp³-hybridized carbons (Fsp3) is 0.353. The highest BCUT2D eigenvalue weighted by Crippen LogP contribution is 2.31. The molecule has 1 fully saturated rings. The van der Waals surface area contributed by atoms with Crippen LogP contribution in [0.4, 0.5) is 10.6 Å². The van der Waals surface area contributed by atoms with Gasteiger partial charge >= 0.3 is 6.09 Å². The zero-order chi connectivity index (χ0) is 18.0.